The molecule has 6 nitrogen and oxygen atoms in total. The fourth-order valence-corrected chi connectivity index (χ4v) is 3.89. The first-order chi connectivity index (χ1) is 10.1. The maximum absolute atomic E-state index is 12.1. The van der Waals surface area contributed by atoms with E-state index in [1.54, 1.807) is 4.90 Å². The number of amides is 2. The van der Waals surface area contributed by atoms with Crippen molar-refractivity contribution in [1.82, 2.24) is 10.2 Å². The molecule has 0 aromatic carbocycles. The van der Waals surface area contributed by atoms with Crippen LogP contribution in [0.4, 0.5) is 4.79 Å². The van der Waals surface area contributed by atoms with Gasteiger partial charge in [-0.1, -0.05) is 0 Å². The fourth-order valence-electron chi connectivity index (χ4n) is 3.89. The zero-order valence-corrected chi connectivity index (χ0v) is 12.3. The molecule has 3 aliphatic heterocycles. The van der Waals surface area contributed by atoms with Crippen LogP contribution in [-0.4, -0.2) is 53.8 Å². The highest BCUT2D eigenvalue weighted by Gasteiger charge is 2.40. The summed E-state index contributed by atoms with van der Waals surface area (Å²) in [7, 11) is 0. The number of aliphatic carboxylic acids is 1. The summed E-state index contributed by atoms with van der Waals surface area (Å²) in [6.07, 6.45) is 6.74. The number of piperidine rings is 1. The van der Waals surface area contributed by atoms with Crippen molar-refractivity contribution in [1.29, 1.82) is 0 Å². The van der Waals surface area contributed by atoms with Crippen LogP contribution < -0.4 is 5.32 Å². The van der Waals surface area contributed by atoms with Gasteiger partial charge in [0.25, 0.3) is 0 Å². The number of nitrogens with zero attached hydrogens (tertiary/aromatic N) is 1. The zero-order valence-electron chi connectivity index (χ0n) is 12.3. The van der Waals surface area contributed by atoms with Crippen molar-refractivity contribution >= 4 is 12.0 Å². The molecule has 4 unspecified atom stereocenters. The van der Waals surface area contributed by atoms with Crippen LogP contribution in [0.3, 0.4) is 0 Å². The second-order valence-electron chi connectivity index (χ2n) is 6.51. The number of hydrogen-bond donors (Lipinski definition) is 2. The van der Waals surface area contributed by atoms with Gasteiger partial charge >= 0.3 is 12.0 Å². The molecule has 3 rings (SSSR count). The lowest BCUT2D eigenvalue weighted by atomic mass is 9.87. The molecule has 2 N–H and O–H groups in total. The van der Waals surface area contributed by atoms with Crippen LogP contribution in [0.2, 0.25) is 0 Å². The Labute approximate surface area is 124 Å². The molecule has 0 aromatic heterocycles. The Kier molecular flexibility index (Phi) is 4.33. The number of hydrogen-bond acceptors (Lipinski definition) is 3. The van der Waals surface area contributed by atoms with Gasteiger partial charge < -0.3 is 20.1 Å². The van der Waals surface area contributed by atoms with Crippen molar-refractivity contribution in [3.8, 4) is 0 Å². The van der Waals surface area contributed by atoms with Crippen molar-refractivity contribution in [3.63, 3.8) is 0 Å². The number of rotatable bonds is 4. The van der Waals surface area contributed by atoms with E-state index in [4.69, 9.17) is 9.84 Å². The molecule has 0 aromatic rings. The summed E-state index contributed by atoms with van der Waals surface area (Å²) >= 11 is 0. The molecule has 2 amide bonds. The van der Waals surface area contributed by atoms with Crippen molar-refractivity contribution in [2.75, 3.05) is 19.6 Å². The average molecular weight is 296 g/mol. The van der Waals surface area contributed by atoms with E-state index in [0.29, 0.717) is 44.2 Å². The van der Waals surface area contributed by atoms with E-state index in [-0.39, 0.29) is 6.03 Å². The van der Waals surface area contributed by atoms with Crippen LogP contribution in [0.15, 0.2) is 0 Å². The van der Waals surface area contributed by atoms with Gasteiger partial charge in [-0.05, 0) is 44.4 Å². The SMILES string of the molecule is O=C(O)C1CCCN(C(=O)NCCC2CC3CCC2O3)C1. The van der Waals surface area contributed by atoms with Crippen molar-refractivity contribution in [2.45, 2.75) is 50.7 Å². The monoisotopic (exact) mass is 296 g/mol. The van der Waals surface area contributed by atoms with E-state index < -0.39 is 11.9 Å². The molecule has 3 aliphatic rings. The number of carbonyl (C=O) groups is 2. The molecule has 0 radical (unpaired) electrons. The van der Waals surface area contributed by atoms with Crippen molar-refractivity contribution < 1.29 is 19.4 Å². The largest absolute Gasteiger partial charge is 0.481 e. The number of carboxylic acid groups (broad SMARTS) is 1. The van der Waals surface area contributed by atoms with Gasteiger partial charge in [-0.25, -0.2) is 4.79 Å². The van der Waals surface area contributed by atoms with E-state index in [9.17, 15) is 9.59 Å². The van der Waals surface area contributed by atoms with Gasteiger partial charge in [0, 0.05) is 19.6 Å². The average Bonchev–Trinajstić information content (AvgIpc) is 3.10. The summed E-state index contributed by atoms with van der Waals surface area (Å²) in [4.78, 5) is 24.7. The van der Waals surface area contributed by atoms with Gasteiger partial charge in [-0.2, -0.15) is 0 Å². The van der Waals surface area contributed by atoms with Gasteiger partial charge in [0.05, 0.1) is 18.1 Å². The van der Waals surface area contributed by atoms with Crippen LogP contribution in [0, 0.1) is 11.8 Å². The molecule has 3 fully saturated rings. The third-order valence-electron chi connectivity index (χ3n) is 5.08. The topological polar surface area (TPSA) is 78.9 Å². The van der Waals surface area contributed by atoms with Crippen LogP contribution in [0.5, 0.6) is 0 Å². The Morgan fingerprint density at radius 1 is 1.29 bits per heavy atom. The standard InChI is InChI=1S/C15H24N2O4/c18-14(19)11-2-1-7-17(9-11)15(20)16-6-5-10-8-12-3-4-13(10)21-12/h10-13H,1-9H2,(H,16,20)(H,18,19). The minimum Gasteiger partial charge on any atom is -0.481 e. The predicted molar refractivity (Wildman–Crippen MR) is 76.0 cm³/mol. The number of nitrogens with one attached hydrogen (secondary N) is 1. The van der Waals surface area contributed by atoms with E-state index in [0.717, 1.165) is 25.7 Å². The number of urea groups is 1. The molecule has 3 saturated heterocycles. The normalized spacial score (nSPS) is 35.0. The Bertz CT molecular complexity index is 414. The van der Waals surface area contributed by atoms with E-state index in [1.807, 2.05) is 0 Å². The summed E-state index contributed by atoms with van der Waals surface area (Å²) in [5.41, 5.74) is 0. The van der Waals surface area contributed by atoms with Crippen molar-refractivity contribution in [2.24, 2.45) is 11.8 Å². The number of likely N-dealkylation sites (tertiary alicyclic amines) is 1. The lowest BCUT2D eigenvalue weighted by Crippen LogP contribution is -2.47. The first-order valence-electron chi connectivity index (χ1n) is 8.04. The van der Waals surface area contributed by atoms with E-state index >= 15 is 0 Å². The summed E-state index contributed by atoms with van der Waals surface area (Å²) < 4.78 is 5.81. The minimum absolute atomic E-state index is 0.120. The van der Waals surface area contributed by atoms with E-state index in [1.165, 1.54) is 6.42 Å². The number of fused-ring (bicyclic) bond motifs is 2. The lowest BCUT2D eigenvalue weighted by molar-refractivity contribution is -0.143. The molecule has 0 spiro atoms. The van der Waals surface area contributed by atoms with E-state index in [2.05, 4.69) is 5.32 Å². The Hall–Kier alpha value is -1.30. The summed E-state index contributed by atoms with van der Waals surface area (Å²) in [5.74, 6) is -0.632. The Balaban J connectivity index is 1.39. The predicted octanol–water partition coefficient (Wildman–Crippen LogP) is 1.45. The molecule has 4 atom stereocenters. The van der Waals surface area contributed by atoms with Gasteiger partial charge in [0.15, 0.2) is 0 Å². The fraction of sp³-hybridized carbons (Fsp3) is 0.867. The highest BCUT2D eigenvalue weighted by Crippen LogP contribution is 2.40. The maximum atomic E-state index is 12.1. The molecule has 2 bridgehead atoms. The Morgan fingerprint density at radius 3 is 2.81 bits per heavy atom. The number of carboxylic acids is 1. The molecule has 6 heteroatoms. The molecule has 21 heavy (non-hydrogen) atoms. The second kappa shape index (κ2) is 6.22. The van der Waals surface area contributed by atoms with Crippen LogP contribution >= 0.6 is 0 Å². The first-order valence-corrected chi connectivity index (χ1v) is 8.04. The summed E-state index contributed by atoms with van der Waals surface area (Å²) in [6, 6.07) is -0.120. The van der Waals surface area contributed by atoms with Crippen LogP contribution in [0.1, 0.15) is 38.5 Å². The van der Waals surface area contributed by atoms with Gasteiger partial charge in [0.1, 0.15) is 0 Å². The third kappa shape index (κ3) is 3.31. The van der Waals surface area contributed by atoms with Gasteiger partial charge in [-0.15, -0.1) is 0 Å². The highest BCUT2D eigenvalue weighted by atomic mass is 16.5. The summed E-state index contributed by atoms with van der Waals surface area (Å²) in [6.45, 7) is 1.65. The molecule has 0 aliphatic carbocycles. The zero-order chi connectivity index (χ0) is 14.8. The number of carbonyl (C=O) groups excluding carboxylic acids is 1. The van der Waals surface area contributed by atoms with Gasteiger partial charge in [0.2, 0.25) is 0 Å². The maximum Gasteiger partial charge on any atom is 0.317 e. The minimum atomic E-state index is -0.799. The van der Waals surface area contributed by atoms with Crippen molar-refractivity contribution in [3.05, 3.63) is 0 Å². The van der Waals surface area contributed by atoms with Gasteiger partial charge in [-0.3, -0.25) is 4.79 Å². The smallest absolute Gasteiger partial charge is 0.317 e. The first kappa shape index (κ1) is 14.6. The molecule has 0 saturated carbocycles. The van der Waals surface area contributed by atoms with Crippen LogP contribution in [0.25, 0.3) is 0 Å². The molecular weight excluding hydrogens is 272 g/mol. The van der Waals surface area contributed by atoms with Crippen LogP contribution in [-0.2, 0) is 9.53 Å². The second-order valence-corrected chi connectivity index (χ2v) is 6.51. The molecule has 3 heterocycles. The quantitative estimate of drug-likeness (QED) is 0.823. The third-order valence-corrected chi connectivity index (χ3v) is 5.08. The highest BCUT2D eigenvalue weighted by molar-refractivity contribution is 5.76. The number of ether oxygens (including phenoxy) is 1. The summed E-state index contributed by atoms with van der Waals surface area (Å²) in [5, 5.41) is 12.0. The lowest BCUT2D eigenvalue weighted by Gasteiger charge is -2.31. The molecule has 118 valence electrons. The molecular formula is C15H24N2O4. The Morgan fingerprint density at radius 2 is 2.14 bits per heavy atom.